The van der Waals surface area contributed by atoms with Gasteiger partial charge < -0.3 is 5.32 Å². The second-order valence-electron chi connectivity index (χ2n) is 5.33. The molecule has 0 amide bonds. The van der Waals surface area contributed by atoms with Crippen molar-refractivity contribution in [3.05, 3.63) is 29.3 Å². The van der Waals surface area contributed by atoms with Gasteiger partial charge in [-0.3, -0.25) is 4.98 Å². The lowest BCUT2D eigenvalue weighted by Gasteiger charge is -2.26. The maximum absolute atomic E-state index is 4.53. The fraction of sp³-hybridized carbons (Fsp3) is 0.562. The van der Waals surface area contributed by atoms with Gasteiger partial charge in [0, 0.05) is 18.3 Å². The largest absolute Gasteiger partial charge is 0.307 e. The molecule has 2 unspecified atom stereocenters. The molecule has 2 atom stereocenters. The van der Waals surface area contributed by atoms with Gasteiger partial charge in [-0.1, -0.05) is 26.7 Å². The quantitative estimate of drug-likeness (QED) is 0.822. The van der Waals surface area contributed by atoms with Gasteiger partial charge in [-0.05, 0) is 42.8 Å². The highest BCUT2D eigenvalue weighted by molar-refractivity contribution is 7.17. The van der Waals surface area contributed by atoms with E-state index < -0.39 is 0 Å². The third-order valence-corrected chi connectivity index (χ3v) is 4.95. The van der Waals surface area contributed by atoms with Crippen LogP contribution >= 0.6 is 11.3 Å². The van der Waals surface area contributed by atoms with Crippen molar-refractivity contribution in [2.24, 2.45) is 5.92 Å². The summed E-state index contributed by atoms with van der Waals surface area (Å²) in [5, 5.41) is 5.82. The lowest BCUT2D eigenvalue weighted by molar-refractivity contribution is 0.330. The first kappa shape index (κ1) is 14.5. The molecule has 0 bridgehead atoms. The van der Waals surface area contributed by atoms with Gasteiger partial charge in [0.05, 0.1) is 10.2 Å². The molecule has 0 saturated heterocycles. The molecule has 0 aliphatic heterocycles. The SMILES string of the molecule is CCC(CC)C(C)NC(C)c1cnc2ccsc2c1. The van der Waals surface area contributed by atoms with Gasteiger partial charge in [0.25, 0.3) is 0 Å². The molecule has 3 heteroatoms. The lowest BCUT2D eigenvalue weighted by atomic mass is 9.94. The van der Waals surface area contributed by atoms with Crippen molar-refractivity contribution in [1.29, 1.82) is 0 Å². The third-order valence-electron chi connectivity index (χ3n) is 4.09. The van der Waals surface area contributed by atoms with Crippen LogP contribution in [-0.2, 0) is 0 Å². The summed E-state index contributed by atoms with van der Waals surface area (Å²) in [5.74, 6) is 0.751. The molecular formula is C16H24N2S. The molecule has 0 fully saturated rings. The Labute approximate surface area is 120 Å². The molecular weight excluding hydrogens is 252 g/mol. The van der Waals surface area contributed by atoms with E-state index in [0.717, 1.165) is 11.4 Å². The van der Waals surface area contributed by atoms with E-state index >= 15 is 0 Å². The van der Waals surface area contributed by atoms with Crippen molar-refractivity contribution >= 4 is 21.6 Å². The highest BCUT2D eigenvalue weighted by Gasteiger charge is 2.16. The van der Waals surface area contributed by atoms with Crippen molar-refractivity contribution in [3.8, 4) is 0 Å². The van der Waals surface area contributed by atoms with Crippen molar-refractivity contribution in [1.82, 2.24) is 10.3 Å². The van der Waals surface area contributed by atoms with Crippen LogP contribution in [-0.4, -0.2) is 11.0 Å². The summed E-state index contributed by atoms with van der Waals surface area (Å²) in [6, 6.07) is 5.25. The zero-order valence-corrected chi connectivity index (χ0v) is 13.1. The van der Waals surface area contributed by atoms with Crippen molar-refractivity contribution in [3.63, 3.8) is 0 Å². The maximum atomic E-state index is 4.53. The van der Waals surface area contributed by atoms with Crippen LogP contribution in [0.2, 0.25) is 0 Å². The van der Waals surface area contributed by atoms with E-state index in [4.69, 9.17) is 0 Å². The summed E-state index contributed by atoms with van der Waals surface area (Å²) >= 11 is 1.76. The molecule has 104 valence electrons. The zero-order chi connectivity index (χ0) is 13.8. The van der Waals surface area contributed by atoms with Crippen LogP contribution in [0.15, 0.2) is 23.7 Å². The second-order valence-corrected chi connectivity index (χ2v) is 6.27. The molecule has 0 radical (unpaired) electrons. The summed E-state index contributed by atoms with van der Waals surface area (Å²) in [6.07, 6.45) is 4.48. The monoisotopic (exact) mass is 276 g/mol. The van der Waals surface area contributed by atoms with Gasteiger partial charge in [0.1, 0.15) is 0 Å². The van der Waals surface area contributed by atoms with E-state index in [9.17, 15) is 0 Å². The number of hydrogen-bond donors (Lipinski definition) is 1. The topological polar surface area (TPSA) is 24.9 Å². The van der Waals surface area contributed by atoms with E-state index in [2.05, 4.69) is 55.5 Å². The zero-order valence-electron chi connectivity index (χ0n) is 12.3. The molecule has 0 aromatic carbocycles. The predicted molar refractivity (Wildman–Crippen MR) is 84.7 cm³/mol. The first-order valence-corrected chi connectivity index (χ1v) is 8.12. The summed E-state index contributed by atoms with van der Waals surface area (Å²) in [4.78, 5) is 4.53. The van der Waals surface area contributed by atoms with E-state index in [1.807, 2.05) is 6.20 Å². The van der Waals surface area contributed by atoms with Crippen molar-refractivity contribution in [2.75, 3.05) is 0 Å². The second kappa shape index (κ2) is 6.49. The van der Waals surface area contributed by atoms with E-state index in [1.54, 1.807) is 11.3 Å². The number of pyridine rings is 1. The number of nitrogens with zero attached hydrogens (tertiary/aromatic N) is 1. The fourth-order valence-electron chi connectivity index (χ4n) is 2.72. The summed E-state index contributed by atoms with van der Waals surface area (Å²) < 4.78 is 1.28. The Kier molecular flexibility index (Phi) is 4.94. The first-order chi connectivity index (χ1) is 9.15. The summed E-state index contributed by atoms with van der Waals surface area (Å²) in [7, 11) is 0. The third kappa shape index (κ3) is 3.34. The van der Waals surface area contributed by atoms with Crippen LogP contribution in [0.3, 0.4) is 0 Å². The summed E-state index contributed by atoms with van der Waals surface area (Å²) in [5.41, 5.74) is 2.39. The average molecular weight is 276 g/mol. The number of rotatable bonds is 6. The molecule has 2 aromatic rings. The fourth-order valence-corrected chi connectivity index (χ4v) is 3.51. The number of aromatic nitrogens is 1. The molecule has 2 nitrogen and oxygen atoms in total. The number of thiophene rings is 1. The van der Waals surface area contributed by atoms with Crippen molar-refractivity contribution in [2.45, 2.75) is 52.6 Å². The number of fused-ring (bicyclic) bond motifs is 1. The Bertz CT molecular complexity index is 516. The molecule has 19 heavy (non-hydrogen) atoms. The minimum absolute atomic E-state index is 0.356. The van der Waals surface area contributed by atoms with Crippen molar-refractivity contribution < 1.29 is 0 Å². The van der Waals surface area contributed by atoms with E-state index in [0.29, 0.717) is 12.1 Å². The molecule has 2 rings (SSSR count). The Hall–Kier alpha value is -0.930. The van der Waals surface area contributed by atoms with E-state index in [-0.39, 0.29) is 0 Å². The standard InChI is InChI=1S/C16H24N2S/c1-5-13(6-2)11(3)18-12(4)14-9-16-15(17-10-14)7-8-19-16/h7-13,18H,5-6H2,1-4H3. The van der Waals surface area contributed by atoms with Gasteiger partial charge in [0.15, 0.2) is 0 Å². The maximum Gasteiger partial charge on any atom is 0.0809 e. The molecule has 2 aromatic heterocycles. The van der Waals surface area contributed by atoms with Crippen LogP contribution in [0.4, 0.5) is 0 Å². The predicted octanol–water partition coefficient (Wildman–Crippen LogP) is 4.77. The number of hydrogen-bond acceptors (Lipinski definition) is 3. The number of nitrogens with one attached hydrogen (secondary N) is 1. The van der Waals surface area contributed by atoms with Gasteiger partial charge in [-0.2, -0.15) is 0 Å². The van der Waals surface area contributed by atoms with Gasteiger partial charge in [-0.25, -0.2) is 0 Å². The molecule has 0 spiro atoms. The average Bonchev–Trinajstić information content (AvgIpc) is 2.87. The normalized spacial score (nSPS) is 15.0. The first-order valence-electron chi connectivity index (χ1n) is 7.24. The minimum atomic E-state index is 0.356. The molecule has 0 saturated carbocycles. The van der Waals surface area contributed by atoms with Crippen LogP contribution in [0, 0.1) is 5.92 Å². The van der Waals surface area contributed by atoms with Crippen LogP contribution < -0.4 is 5.32 Å². The molecule has 0 aliphatic rings. The van der Waals surface area contributed by atoms with Crippen LogP contribution in [0.1, 0.15) is 52.1 Å². The summed E-state index contributed by atoms with van der Waals surface area (Å²) in [6.45, 7) is 9.08. The molecule has 0 aliphatic carbocycles. The van der Waals surface area contributed by atoms with Gasteiger partial charge in [-0.15, -0.1) is 11.3 Å². The highest BCUT2D eigenvalue weighted by Crippen LogP contribution is 2.24. The Morgan fingerprint density at radius 2 is 2.00 bits per heavy atom. The van der Waals surface area contributed by atoms with Gasteiger partial charge >= 0.3 is 0 Å². The van der Waals surface area contributed by atoms with Crippen LogP contribution in [0.5, 0.6) is 0 Å². The van der Waals surface area contributed by atoms with Crippen LogP contribution in [0.25, 0.3) is 10.2 Å². The van der Waals surface area contributed by atoms with E-state index in [1.165, 1.54) is 23.1 Å². The Morgan fingerprint density at radius 1 is 1.26 bits per heavy atom. The lowest BCUT2D eigenvalue weighted by Crippen LogP contribution is -2.35. The molecule has 1 N–H and O–H groups in total. The highest BCUT2D eigenvalue weighted by atomic mass is 32.1. The molecule has 2 heterocycles. The van der Waals surface area contributed by atoms with Gasteiger partial charge in [0.2, 0.25) is 0 Å². The minimum Gasteiger partial charge on any atom is -0.307 e. The smallest absolute Gasteiger partial charge is 0.0809 e. The Morgan fingerprint density at radius 3 is 2.68 bits per heavy atom. The Balaban J connectivity index is 2.08.